The summed E-state index contributed by atoms with van der Waals surface area (Å²) in [4.78, 5) is 58.4. The molecule has 4 aliphatic heterocycles. The lowest BCUT2D eigenvalue weighted by atomic mass is 9.68. The molecular weight excluding hydrogens is 530 g/mol. The molecule has 4 aliphatic rings. The van der Waals surface area contributed by atoms with Gasteiger partial charge in [0.1, 0.15) is 5.69 Å². The molecule has 7 rings (SSSR count). The predicted molar refractivity (Wildman–Crippen MR) is 149 cm³/mol. The van der Waals surface area contributed by atoms with Gasteiger partial charge < -0.3 is 19.3 Å². The average Bonchev–Trinajstić information content (AvgIpc) is 3.00. The Labute approximate surface area is 234 Å². The summed E-state index contributed by atoms with van der Waals surface area (Å²) in [7, 11) is 0. The lowest BCUT2D eigenvalue weighted by molar-refractivity contribution is -0.384. The first-order chi connectivity index (χ1) is 19.9. The number of fused-ring (bicyclic) bond motifs is 5. The van der Waals surface area contributed by atoms with Crippen LogP contribution >= 0.6 is 0 Å². The molecule has 0 saturated carbocycles. The number of carbonyl (C=O) groups is 3. The van der Waals surface area contributed by atoms with Gasteiger partial charge in [-0.3, -0.25) is 25.0 Å². The summed E-state index contributed by atoms with van der Waals surface area (Å²) in [5.41, 5.74) is 0.225. The molecule has 0 bridgehead atoms. The second-order valence-electron chi connectivity index (χ2n) is 10.7. The number of morpholine rings is 2. The molecule has 41 heavy (non-hydrogen) atoms. The minimum absolute atomic E-state index is 0.0834. The van der Waals surface area contributed by atoms with Crippen LogP contribution < -0.4 is 20.0 Å². The van der Waals surface area contributed by atoms with E-state index in [0.29, 0.717) is 61.8 Å². The number of nitro groups is 1. The number of hydrogen-bond donors (Lipinski definition) is 1. The number of hydrogen-bond acceptors (Lipinski definition) is 9. The molecule has 3 fully saturated rings. The van der Waals surface area contributed by atoms with Crippen molar-refractivity contribution in [1.82, 2.24) is 5.32 Å². The standard InChI is InChI=1S/C29H27N5O7/c35-26-29(27(36)33(28(37)30-26)21-7-3-5-18-4-1-2-6-20(18)21)16-19-14-24(34(38)39)23(31-8-11-40-12-9-31)15-22(19)32-10-13-41-17-25(29)32/h1-7,14-15,25H,8-13,16-17H2,(H,30,35,37). The largest absolute Gasteiger partial charge is 0.378 e. The zero-order chi connectivity index (χ0) is 28.3. The third-order valence-corrected chi connectivity index (χ3v) is 8.62. The van der Waals surface area contributed by atoms with Crippen molar-refractivity contribution >= 4 is 51.4 Å². The zero-order valence-corrected chi connectivity index (χ0v) is 22.1. The number of ether oxygens (including phenoxy) is 2. The van der Waals surface area contributed by atoms with Gasteiger partial charge in [0.05, 0.1) is 43.1 Å². The number of amides is 4. The van der Waals surface area contributed by atoms with E-state index in [-0.39, 0.29) is 18.7 Å². The highest BCUT2D eigenvalue weighted by Crippen LogP contribution is 2.49. The first-order valence-electron chi connectivity index (χ1n) is 13.6. The topological polar surface area (TPSA) is 135 Å². The molecule has 3 aromatic carbocycles. The summed E-state index contributed by atoms with van der Waals surface area (Å²) in [5.74, 6) is -1.40. The van der Waals surface area contributed by atoms with Crippen LogP contribution in [0.15, 0.2) is 54.6 Å². The Morgan fingerprint density at radius 3 is 2.46 bits per heavy atom. The molecule has 1 N–H and O–H groups in total. The van der Waals surface area contributed by atoms with Gasteiger partial charge in [-0.25, -0.2) is 9.69 Å². The highest BCUT2D eigenvalue weighted by Gasteiger charge is 2.63. The minimum atomic E-state index is -1.74. The summed E-state index contributed by atoms with van der Waals surface area (Å²) >= 11 is 0. The van der Waals surface area contributed by atoms with Crippen LogP contribution in [0.2, 0.25) is 0 Å². The van der Waals surface area contributed by atoms with Gasteiger partial charge >= 0.3 is 6.03 Å². The molecule has 2 atom stereocenters. The molecular formula is C29H27N5O7. The Bertz CT molecular complexity index is 1620. The minimum Gasteiger partial charge on any atom is -0.378 e. The molecule has 3 saturated heterocycles. The van der Waals surface area contributed by atoms with Crippen LogP contribution in [-0.4, -0.2) is 74.9 Å². The maximum absolute atomic E-state index is 14.6. The quantitative estimate of drug-likeness (QED) is 0.293. The molecule has 12 nitrogen and oxygen atoms in total. The Balaban J connectivity index is 1.39. The highest BCUT2D eigenvalue weighted by atomic mass is 16.6. The van der Waals surface area contributed by atoms with Gasteiger partial charge in [-0.15, -0.1) is 0 Å². The second-order valence-corrected chi connectivity index (χ2v) is 10.7. The van der Waals surface area contributed by atoms with Gasteiger partial charge in [0.25, 0.3) is 11.6 Å². The third kappa shape index (κ3) is 3.78. The van der Waals surface area contributed by atoms with Gasteiger partial charge in [-0.1, -0.05) is 36.4 Å². The summed E-state index contributed by atoms with van der Waals surface area (Å²) in [5, 5.41) is 16.2. The molecule has 0 aliphatic carbocycles. The molecule has 0 aromatic heterocycles. The van der Waals surface area contributed by atoms with E-state index in [0.717, 1.165) is 16.0 Å². The number of anilines is 3. The van der Waals surface area contributed by atoms with E-state index in [2.05, 4.69) is 5.32 Å². The number of imide groups is 2. The van der Waals surface area contributed by atoms with E-state index >= 15 is 0 Å². The van der Waals surface area contributed by atoms with Gasteiger partial charge in [0.15, 0.2) is 5.41 Å². The van der Waals surface area contributed by atoms with Crippen LogP contribution in [0.4, 0.5) is 27.5 Å². The number of nitrogens with one attached hydrogen (secondary N) is 1. The number of nitro benzene ring substituents is 1. The molecule has 12 heteroatoms. The van der Waals surface area contributed by atoms with Crippen molar-refractivity contribution in [3.63, 3.8) is 0 Å². The molecule has 2 unspecified atom stereocenters. The number of nitrogens with zero attached hydrogens (tertiary/aromatic N) is 4. The predicted octanol–water partition coefficient (Wildman–Crippen LogP) is 2.62. The lowest BCUT2D eigenvalue weighted by Gasteiger charge is -2.53. The van der Waals surface area contributed by atoms with Crippen molar-refractivity contribution in [3.05, 3.63) is 70.3 Å². The van der Waals surface area contributed by atoms with Crippen molar-refractivity contribution in [2.24, 2.45) is 5.41 Å². The number of rotatable bonds is 3. The summed E-state index contributed by atoms with van der Waals surface area (Å²) < 4.78 is 11.3. The zero-order valence-electron chi connectivity index (χ0n) is 22.1. The summed E-state index contributed by atoms with van der Waals surface area (Å²) in [6.45, 7) is 2.77. The fourth-order valence-electron chi connectivity index (χ4n) is 6.67. The molecule has 1 spiro atoms. The van der Waals surface area contributed by atoms with Gasteiger partial charge in [-0.05, 0) is 23.1 Å². The van der Waals surface area contributed by atoms with E-state index in [1.54, 1.807) is 18.2 Å². The van der Waals surface area contributed by atoms with Crippen molar-refractivity contribution in [3.8, 4) is 0 Å². The van der Waals surface area contributed by atoms with Crippen molar-refractivity contribution in [2.45, 2.75) is 12.5 Å². The first-order valence-corrected chi connectivity index (χ1v) is 13.6. The second kappa shape index (κ2) is 9.53. The number of carbonyl (C=O) groups excluding carboxylic acids is 3. The van der Waals surface area contributed by atoms with Crippen LogP contribution in [0.5, 0.6) is 0 Å². The van der Waals surface area contributed by atoms with Crippen molar-refractivity contribution in [1.29, 1.82) is 0 Å². The van der Waals surface area contributed by atoms with E-state index in [1.165, 1.54) is 6.07 Å². The number of barbiturate groups is 1. The molecule has 210 valence electrons. The third-order valence-electron chi connectivity index (χ3n) is 8.62. The Morgan fingerprint density at radius 1 is 0.902 bits per heavy atom. The van der Waals surface area contributed by atoms with Crippen LogP contribution in [0.3, 0.4) is 0 Å². The van der Waals surface area contributed by atoms with Crippen molar-refractivity contribution in [2.75, 3.05) is 60.8 Å². The van der Waals surface area contributed by atoms with Crippen LogP contribution in [0.1, 0.15) is 5.56 Å². The van der Waals surface area contributed by atoms with E-state index in [1.807, 2.05) is 40.1 Å². The van der Waals surface area contributed by atoms with Gasteiger partial charge in [0.2, 0.25) is 5.91 Å². The normalized spacial score (nSPS) is 24.3. The van der Waals surface area contributed by atoms with E-state index in [9.17, 15) is 24.5 Å². The van der Waals surface area contributed by atoms with E-state index in [4.69, 9.17) is 9.47 Å². The van der Waals surface area contributed by atoms with Gasteiger partial charge in [-0.2, -0.15) is 0 Å². The average molecular weight is 558 g/mol. The smallest absolute Gasteiger partial charge is 0.335 e. The fourth-order valence-corrected chi connectivity index (χ4v) is 6.67. The Hall–Kier alpha value is -4.55. The SMILES string of the molecule is O=C1NC(=O)C2(Cc3cc([N+](=O)[O-])c(N4CCOCC4)cc3N3CCOCC32)C(=O)N1c1cccc2ccccc12. The van der Waals surface area contributed by atoms with Crippen LogP contribution in [0.25, 0.3) is 10.8 Å². The maximum atomic E-state index is 14.6. The maximum Gasteiger partial charge on any atom is 0.335 e. The molecule has 0 radical (unpaired) electrons. The first kappa shape index (κ1) is 25.4. The van der Waals surface area contributed by atoms with Crippen molar-refractivity contribution < 1.29 is 28.8 Å². The molecule has 3 aromatic rings. The van der Waals surface area contributed by atoms with Gasteiger partial charge in [0, 0.05) is 43.2 Å². The fraction of sp³-hybridized carbons (Fsp3) is 0.345. The lowest BCUT2D eigenvalue weighted by Crippen LogP contribution is -2.74. The Morgan fingerprint density at radius 2 is 1.66 bits per heavy atom. The molecule has 4 amide bonds. The van der Waals surface area contributed by atoms with Crippen LogP contribution in [-0.2, 0) is 25.5 Å². The summed E-state index contributed by atoms with van der Waals surface area (Å²) in [6, 6.07) is 14.4. The monoisotopic (exact) mass is 557 g/mol. The Kier molecular flexibility index (Phi) is 5.91. The van der Waals surface area contributed by atoms with E-state index < -0.39 is 34.2 Å². The highest BCUT2D eigenvalue weighted by molar-refractivity contribution is 6.32. The van der Waals surface area contributed by atoms with Crippen LogP contribution in [0, 0.1) is 15.5 Å². The number of benzene rings is 3. The summed E-state index contributed by atoms with van der Waals surface area (Å²) in [6.07, 6.45) is -0.115. The molecule has 4 heterocycles. The number of urea groups is 1.